The lowest BCUT2D eigenvalue weighted by Gasteiger charge is -2.15. The Hall–Kier alpha value is -2.01. The van der Waals surface area contributed by atoms with Gasteiger partial charge in [-0.15, -0.1) is 11.3 Å². The molecule has 3 aromatic rings. The lowest BCUT2D eigenvalue weighted by molar-refractivity contribution is 0.938. The lowest BCUT2D eigenvalue weighted by atomic mass is 10.3. The maximum absolute atomic E-state index is 4.61. The van der Waals surface area contributed by atoms with Gasteiger partial charge in [0.1, 0.15) is 16.3 Å². The number of aromatic nitrogens is 3. The van der Waals surface area contributed by atoms with Crippen LogP contribution in [0.2, 0.25) is 0 Å². The van der Waals surface area contributed by atoms with Gasteiger partial charge in [-0.25, -0.2) is 9.97 Å². The number of rotatable bonds is 2. The maximum Gasteiger partial charge on any atom is 0.128 e. The van der Waals surface area contributed by atoms with E-state index in [0.29, 0.717) is 0 Å². The molecule has 1 saturated heterocycles. The van der Waals surface area contributed by atoms with Crippen LogP contribution in [0.1, 0.15) is 12.8 Å². The van der Waals surface area contributed by atoms with E-state index in [9.17, 15) is 0 Å². The van der Waals surface area contributed by atoms with Gasteiger partial charge >= 0.3 is 0 Å². The number of thiazole rings is 1. The fraction of sp³-hybridized carbons (Fsp3) is 0.267. The zero-order chi connectivity index (χ0) is 13.4. The van der Waals surface area contributed by atoms with Crippen molar-refractivity contribution < 1.29 is 0 Å². The van der Waals surface area contributed by atoms with Crippen LogP contribution in [-0.2, 0) is 0 Å². The highest BCUT2D eigenvalue weighted by Gasteiger charge is 2.14. The number of pyridine rings is 2. The van der Waals surface area contributed by atoms with Crippen molar-refractivity contribution >= 4 is 27.4 Å². The maximum atomic E-state index is 4.61. The van der Waals surface area contributed by atoms with E-state index in [1.807, 2.05) is 12.3 Å². The van der Waals surface area contributed by atoms with Gasteiger partial charge < -0.3 is 4.90 Å². The fourth-order valence-electron chi connectivity index (χ4n) is 2.55. The molecule has 0 unspecified atom stereocenters. The highest BCUT2D eigenvalue weighted by atomic mass is 32.1. The van der Waals surface area contributed by atoms with Gasteiger partial charge in [-0.3, -0.25) is 4.98 Å². The quantitative estimate of drug-likeness (QED) is 0.723. The SMILES string of the molecule is c1cc2sc(-c3ccc(N4CCCC4)nc3)nc2cn1. The first-order chi connectivity index (χ1) is 9.90. The van der Waals surface area contributed by atoms with Crippen molar-refractivity contribution in [3.05, 3.63) is 36.8 Å². The van der Waals surface area contributed by atoms with E-state index in [4.69, 9.17) is 0 Å². The molecule has 0 atom stereocenters. The zero-order valence-electron chi connectivity index (χ0n) is 11.0. The van der Waals surface area contributed by atoms with Crippen LogP contribution in [0, 0.1) is 0 Å². The van der Waals surface area contributed by atoms with Gasteiger partial charge in [0.15, 0.2) is 0 Å². The number of nitrogens with zero attached hydrogens (tertiary/aromatic N) is 4. The highest BCUT2D eigenvalue weighted by molar-refractivity contribution is 7.21. The van der Waals surface area contributed by atoms with E-state index in [2.05, 4.69) is 32.0 Å². The van der Waals surface area contributed by atoms with E-state index in [0.717, 1.165) is 35.0 Å². The second-order valence-electron chi connectivity index (χ2n) is 4.96. The van der Waals surface area contributed by atoms with Crippen molar-refractivity contribution in [2.24, 2.45) is 0 Å². The number of hydrogen-bond donors (Lipinski definition) is 0. The molecule has 4 heterocycles. The van der Waals surface area contributed by atoms with Gasteiger partial charge in [-0.1, -0.05) is 0 Å². The van der Waals surface area contributed by atoms with Crippen molar-refractivity contribution in [1.29, 1.82) is 0 Å². The molecule has 1 aliphatic rings. The van der Waals surface area contributed by atoms with E-state index in [-0.39, 0.29) is 0 Å². The zero-order valence-corrected chi connectivity index (χ0v) is 11.8. The molecule has 100 valence electrons. The minimum atomic E-state index is 0.955. The van der Waals surface area contributed by atoms with Crippen LogP contribution in [-0.4, -0.2) is 28.0 Å². The highest BCUT2D eigenvalue weighted by Crippen LogP contribution is 2.30. The standard InChI is InChI=1S/C15H14N4S/c1-2-8-19(7-1)14-4-3-11(9-17-14)15-18-12-10-16-6-5-13(12)20-15/h3-6,9-10H,1-2,7-8H2. The minimum absolute atomic E-state index is 0.955. The van der Waals surface area contributed by atoms with Crippen LogP contribution < -0.4 is 4.90 Å². The van der Waals surface area contributed by atoms with Gasteiger partial charge in [0.05, 0.1) is 10.9 Å². The molecule has 1 aliphatic heterocycles. The molecular formula is C15H14N4S. The second kappa shape index (κ2) is 4.83. The molecule has 0 N–H and O–H groups in total. The van der Waals surface area contributed by atoms with Crippen molar-refractivity contribution in [2.45, 2.75) is 12.8 Å². The summed E-state index contributed by atoms with van der Waals surface area (Å²) in [5, 5.41) is 1.01. The summed E-state index contributed by atoms with van der Waals surface area (Å²) in [5.41, 5.74) is 2.03. The average Bonchev–Trinajstić information content (AvgIpc) is 3.17. The molecule has 3 aromatic heterocycles. The van der Waals surface area contributed by atoms with Crippen LogP contribution in [0.15, 0.2) is 36.8 Å². The minimum Gasteiger partial charge on any atom is -0.357 e. The average molecular weight is 282 g/mol. The van der Waals surface area contributed by atoms with Gasteiger partial charge in [-0.2, -0.15) is 0 Å². The van der Waals surface area contributed by atoms with Crippen LogP contribution in [0.4, 0.5) is 5.82 Å². The Morgan fingerprint density at radius 2 is 1.95 bits per heavy atom. The van der Waals surface area contributed by atoms with Crippen molar-refractivity contribution in [3.8, 4) is 10.6 Å². The molecule has 0 aliphatic carbocycles. The fourth-order valence-corrected chi connectivity index (χ4v) is 3.47. The van der Waals surface area contributed by atoms with Gasteiger partial charge in [-0.05, 0) is 31.0 Å². The second-order valence-corrected chi connectivity index (χ2v) is 5.99. The molecule has 5 heteroatoms. The molecule has 0 aromatic carbocycles. The summed E-state index contributed by atoms with van der Waals surface area (Å²) >= 11 is 1.68. The van der Waals surface area contributed by atoms with E-state index in [1.54, 1.807) is 23.7 Å². The van der Waals surface area contributed by atoms with Crippen molar-refractivity contribution in [2.75, 3.05) is 18.0 Å². The first-order valence-electron chi connectivity index (χ1n) is 6.82. The van der Waals surface area contributed by atoms with Crippen LogP contribution in [0.25, 0.3) is 20.8 Å². The normalized spacial score (nSPS) is 15.1. The molecule has 0 spiro atoms. The Bertz CT molecular complexity index is 696. The molecule has 0 bridgehead atoms. The summed E-state index contributed by atoms with van der Waals surface area (Å²) < 4.78 is 1.17. The third-order valence-electron chi connectivity index (χ3n) is 3.61. The molecule has 1 fully saturated rings. The lowest BCUT2D eigenvalue weighted by Crippen LogP contribution is -2.18. The summed E-state index contributed by atoms with van der Waals surface area (Å²) in [6, 6.07) is 6.22. The number of anilines is 1. The summed E-state index contributed by atoms with van der Waals surface area (Å²) in [4.78, 5) is 15.6. The predicted octanol–water partition coefficient (Wildman–Crippen LogP) is 3.35. The summed E-state index contributed by atoms with van der Waals surface area (Å²) in [5.74, 6) is 1.08. The van der Waals surface area contributed by atoms with E-state index >= 15 is 0 Å². The van der Waals surface area contributed by atoms with Crippen molar-refractivity contribution in [1.82, 2.24) is 15.0 Å². The Balaban J connectivity index is 1.67. The summed E-state index contributed by atoms with van der Waals surface area (Å²) in [6.07, 6.45) is 8.09. The van der Waals surface area contributed by atoms with Crippen LogP contribution >= 0.6 is 11.3 Å². The number of hydrogen-bond acceptors (Lipinski definition) is 5. The van der Waals surface area contributed by atoms with Crippen LogP contribution in [0.3, 0.4) is 0 Å². The smallest absolute Gasteiger partial charge is 0.128 e. The molecule has 0 radical (unpaired) electrons. The first-order valence-corrected chi connectivity index (χ1v) is 7.64. The monoisotopic (exact) mass is 282 g/mol. The Morgan fingerprint density at radius 1 is 1.05 bits per heavy atom. The molecule has 4 nitrogen and oxygen atoms in total. The number of fused-ring (bicyclic) bond motifs is 1. The van der Waals surface area contributed by atoms with Gasteiger partial charge in [0.2, 0.25) is 0 Å². The summed E-state index contributed by atoms with van der Waals surface area (Å²) in [6.45, 7) is 2.25. The van der Waals surface area contributed by atoms with Crippen molar-refractivity contribution in [3.63, 3.8) is 0 Å². The van der Waals surface area contributed by atoms with Gasteiger partial charge in [0, 0.05) is 31.0 Å². The molecule has 20 heavy (non-hydrogen) atoms. The summed E-state index contributed by atoms with van der Waals surface area (Å²) in [7, 11) is 0. The molecule has 4 rings (SSSR count). The Labute approximate surface area is 121 Å². The third kappa shape index (κ3) is 2.04. The molecule has 0 saturated carbocycles. The van der Waals surface area contributed by atoms with Gasteiger partial charge in [0.25, 0.3) is 0 Å². The predicted molar refractivity (Wildman–Crippen MR) is 82.1 cm³/mol. The largest absolute Gasteiger partial charge is 0.357 e. The molecule has 0 amide bonds. The first kappa shape index (κ1) is 11.8. The van der Waals surface area contributed by atoms with E-state index < -0.39 is 0 Å². The Kier molecular flexibility index (Phi) is 2.85. The Morgan fingerprint density at radius 3 is 2.70 bits per heavy atom. The topological polar surface area (TPSA) is 41.9 Å². The third-order valence-corrected chi connectivity index (χ3v) is 4.70. The molecular weight excluding hydrogens is 268 g/mol. The van der Waals surface area contributed by atoms with E-state index in [1.165, 1.54) is 17.5 Å². The van der Waals surface area contributed by atoms with Crippen LogP contribution in [0.5, 0.6) is 0 Å².